The van der Waals surface area contributed by atoms with Crippen molar-refractivity contribution in [2.24, 2.45) is 0 Å². The summed E-state index contributed by atoms with van der Waals surface area (Å²) in [7, 11) is 1.38. The minimum absolute atomic E-state index is 0.120. The highest BCUT2D eigenvalue weighted by Crippen LogP contribution is 2.36. The number of ether oxygens (including phenoxy) is 1. The predicted molar refractivity (Wildman–Crippen MR) is 107 cm³/mol. The van der Waals surface area contributed by atoms with Crippen LogP contribution in [0.15, 0.2) is 34.2 Å². The Bertz CT molecular complexity index is 990. The molecule has 1 N–H and O–H groups in total. The first kappa shape index (κ1) is 18.7. The van der Waals surface area contributed by atoms with Crippen molar-refractivity contribution in [3.8, 4) is 11.1 Å². The molecule has 0 saturated heterocycles. The van der Waals surface area contributed by atoms with Crippen LogP contribution in [0.5, 0.6) is 0 Å². The SMILES string of the molecule is COC(=O)CCCSc1nc2sc(C)c(-c3ccc(C)cc3)c2c(=O)[nH]1. The van der Waals surface area contributed by atoms with E-state index in [1.807, 2.05) is 38.1 Å². The molecule has 1 aromatic carbocycles. The maximum atomic E-state index is 12.7. The number of thioether (sulfide) groups is 1. The normalized spacial score (nSPS) is 11.0. The standard InChI is InChI=1S/C19H20N2O3S2/c1-11-6-8-13(9-7-11)15-12(2)26-18-16(15)17(23)20-19(21-18)25-10-4-5-14(22)24-3/h6-9H,4-5,10H2,1-3H3,(H,20,21,23). The highest BCUT2D eigenvalue weighted by atomic mass is 32.2. The van der Waals surface area contributed by atoms with E-state index in [1.165, 1.54) is 35.8 Å². The summed E-state index contributed by atoms with van der Waals surface area (Å²) in [6.07, 6.45) is 1.04. The number of esters is 1. The molecule has 0 bridgehead atoms. The van der Waals surface area contributed by atoms with E-state index < -0.39 is 0 Å². The summed E-state index contributed by atoms with van der Waals surface area (Å²) in [4.78, 5) is 33.1. The summed E-state index contributed by atoms with van der Waals surface area (Å²) >= 11 is 2.98. The van der Waals surface area contributed by atoms with Gasteiger partial charge in [-0.3, -0.25) is 9.59 Å². The molecule has 0 saturated carbocycles. The number of aromatic nitrogens is 2. The van der Waals surface area contributed by atoms with Gasteiger partial charge in [-0.2, -0.15) is 0 Å². The highest BCUT2D eigenvalue weighted by Gasteiger charge is 2.16. The van der Waals surface area contributed by atoms with Gasteiger partial charge in [0.25, 0.3) is 5.56 Å². The molecule has 0 aliphatic heterocycles. The summed E-state index contributed by atoms with van der Waals surface area (Å²) in [5, 5.41) is 1.24. The summed E-state index contributed by atoms with van der Waals surface area (Å²) in [6.45, 7) is 4.06. The van der Waals surface area contributed by atoms with Crippen molar-refractivity contribution >= 4 is 39.3 Å². The van der Waals surface area contributed by atoms with Gasteiger partial charge in [-0.15, -0.1) is 11.3 Å². The number of rotatable bonds is 6. The summed E-state index contributed by atoms with van der Waals surface area (Å²) in [5.74, 6) is 0.470. The van der Waals surface area contributed by atoms with Crippen molar-refractivity contribution in [1.29, 1.82) is 0 Å². The molecule has 2 heterocycles. The third kappa shape index (κ3) is 3.99. The van der Waals surface area contributed by atoms with E-state index >= 15 is 0 Å². The van der Waals surface area contributed by atoms with Crippen LogP contribution in [-0.4, -0.2) is 28.8 Å². The third-order valence-corrected chi connectivity index (χ3v) is 6.01. The van der Waals surface area contributed by atoms with Crippen LogP contribution in [0.2, 0.25) is 0 Å². The molecule has 5 nitrogen and oxygen atoms in total. The molecule has 0 aliphatic carbocycles. The average molecular weight is 389 g/mol. The number of nitrogens with one attached hydrogen (secondary N) is 1. The number of thiophene rings is 1. The lowest BCUT2D eigenvalue weighted by atomic mass is 10.0. The topological polar surface area (TPSA) is 72.0 Å². The van der Waals surface area contributed by atoms with Crippen LogP contribution in [0.3, 0.4) is 0 Å². The Hall–Kier alpha value is -2.12. The Morgan fingerprint density at radius 1 is 1.27 bits per heavy atom. The van der Waals surface area contributed by atoms with E-state index in [1.54, 1.807) is 0 Å². The second kappa shape index (κ2) is 8.05. The molecule has 2 aromatic heterocycles. The maximum Gasteiger partial charge on any atom is 0.305 e. The summed E-state index contributed by atoms with van der Waals surface area (Å²) < 4.78 is 4.62. The first-order valence-corrected chi connectivity index (χ1v) is 10.1. The number of nitrogens with zero attached hydrogens (tertiary/aromatic N) is 1. The highest BCUT2D eigenvalue weighted by molar-refractivity contribution is 7.99. The van der Waals surface area contributed by atoms with E-state index in [-0.39, 0.29) is 11.5 Å². The van der Waals surface area contributed by atoms with E-state index in [2.05, 4.69) is 14.7 Å². The number of carbonyl (C=O) groups excluding carboxylic acids is 1. The monoisotopic (exact) mass is 388 g/mol. The van der Waals surface area contributed by atoms with Crippen molar-refractivity contribution in [3.05, 3.63) is 45.1 Å². The van der Waals surface area contributed by atoms with E-state index in [0.717, 1.165) is 20.8 Å². The summed E-state index contributed by atoms with van der Waals surface area (Å²) in [5.41, 5.74) is 3.06. The molecular formula is C19H20N2O3S2. The minimum atomic E-state index is -0.223. The fourth-order valence-corrected chi connectivity index (χ4v) is 4.63. The lowest BCUT2D eigenvalue weighted by molar-refractivity contribution is -0.140. The fraction of sp³-hybridized carbons (Fsp3) is 0.316. The zero-order chi connectivity index (χ0) is 18.7. The lowest BCUT2D eigenvalue weighted by Gasteiger charge is -2.04. The molecule has 3 rings (SSSR count). The van der Waals surface area contributed by atoms with Crippen LogP contribution in [0, 0.1) is 13.8 Å². The molecule has 0 unspecified atom stereocenters. The third-order valence-electron chi connectivity index (χ3n) is 4.05. The fourth-order valence-electron chi connectivity index (χ4n) is 2.72. The second-order valence-electron chi connectivity index (χ2n) is 5.98. The largest absolute Gasteiger partial charge is 0.469 e. The maximum absolute atomic E-state index is 12.7. The number of aryl methyl sites for hydroxylation is 2. The number of hydrogen-bond acceptors (Lipinski definition) is 6. The molecule has 0 amide bonds. The van der Waals surface area contributed by atoms with Gasteiger partial charge in [0.1, 0.15) is 4.83 Å². The minimum Gasteiger partial charge on any atom is -0.469 e. The summed E-state index contributed by atoms with van der Waals surface area (Å²) in [6, 6.07) is 8.17. The molecule has 0 fully saturated rings. The van der Waals surface area contributed by atoms with E-state index in [4.69, 9.17) is 0 Å². The number of fused-ring (bicyclic) bond motifs is 1. The zero-order valence-electron chi connectivity index (χ0n) is 14.9. The van der Waals surface area contributed by atoms with Gasteiger partial charge in [0.05, 0.1) is 12.5 Å². The van der Waals surface area contributed by atoms with Gasteiger partial charge < -0.3 is 9.72 Å². The Kier molecular flexibility index (Phi) is 5.78. The number of carbonyl (C=O) groups is 1. The lowest BCUT2D eigenvalue weighted by Crippen LogP contribution is -2.09. The molecule has 26 heavy (non-hydrogen) atoms. The Balaban J connectivity index is 1.87. The van der Waals surface area contributed by atoms with E-state index in [9.17, 15) is 9.59 Å². The number of hydrogen-bond donors (Lipinski definition) is 1. The van der Waals surface area contributed by atoms with Crippen molar-refractivity contribution in [2.45, 2.75) is 31.8 Å². The molecule has 0 aliphatic rings. The van der Waals surface area contributed by atoms with Gasteiger partial charge in [0.15, 0.2) is 5.16 Å². The van der Waals surface area contributed by atoms with Gasteiger partial charge in [0, 0.05) is 22.6 Å². The molecule has 0 spiro atoms. The zero-order valence-corrected chi connectivity index (χ0v) is 16.6. The number of benzene rings is 1. The molecular weight excluding hydrogens is 368 g/mol. The van der Waals surface area contributed by atoms with Crippen LogP contribution < -0.4 is 5.56 Å². The van der Waals surface area contributed by atoms with Gasteiger partial charge in [-0.25, -0.2) is 4.98 Å². The van der Waals surface area contributed by atoms with Crippen molar-refractivity contribution < 1.29 is 9.53 Å². The first-order valence-electron chi connectivity index (χ1n) is 8.29. The number of methoxy groups -OCH3 is 1. The molecule has 7 heteroatoms. The van der Waals surface area contributed by atoms with Crippen LogP contribution in [0.1, 0.15) is 23.3 Å². The predicted octanol–water partition coefficient (Wildman–Crippen LogP) is 4.31. The van der Waals surface area contributed by atoms with Crippen LogP contribution in [-0.2, 0) is 9.53 Å². The average Bonchev–Trinajstić information content (AvgIpc) is 2.95. The smallest absolute Gasteiger partial charge is 0.305 e. The first-order chi connectivity index (χ1) is 12.5. The Labute approximate surface area is 159 Å². The van der Waals surface area contributed by atoms with Crippen molar-refractivity contribution in [3.63, 3.8) is 0 Å². The van der Waals surface area contributed by atoms with Gasteiger partial charge in [-0.05, 0) is 25.8 Å². The Morgan fingerprint density at radius 2 is 2.00 bits per heavy atom. The quantitative estimate of drug-likeness (QED) is 0.295. The number of aromatic amines is 1. The van der Waals surface area contributed by atoms with Crippen LogP contribution >= 0.6 is 23.1 Å². The molecule has 0 atom stereocenters. The number of H-pyrrole nitrogens is 1. The molecule has 0 radical (unpaired) electrons. The molecule has 136 valence electrons. The Morgan fingerprint density at radius 3 is 2.69 bits per heavy atom. The van der Waals surface area contributed by atoms with Crippen molar-refractivity contribution in [1.82, 2.24) is 9.97 Å². The second-order valence-corrected chi connectivity index (χ2v) is 8.27. The van der Waals surface area contributed by atoms with Gasteiger partial charge in [-0.1, -0.05) is 41.6 Å². The van der Waals surface area contributed by atoms with Crippen LogP contribution in [0.4, 0.5) is 0 Å². The van der Waals surface area contributed by atoms with Crippen molar-refractivity contribution in [2.75, 3.05) is 12.9 Å². The molecule has 3 aromatic rings. The van der Waals surface area contributed by atoms with Crippen LogP contribution in [0.25, 0.3) is 21.3 Å². The van der Waals surface area contributed by atoms with Gasteiger partial charge in [0.2, 0.25) is 0 Å². The van der Waals surface area contributed by atoms with E-state index in [0.29, 0.717) is 29.1 Å². The van der Waals surface area contributed by atoms with Gasteiger partial charge >= 0.3 is 5.97 Å².